The zero-order valence-electron chi connectivity index (χ0n) is 6.65. The molecule has 0 saturated carbocycles. The normalized spacial score (nSPS) is 10.2. The summed E-state index contributed by atoms with van der Waals surface area (Å²) in [6.45, 7) is -0.286. The van der Waals surface area contributed by atoms with E-state index in [0.29, 0.717) is 0 Å². The third-order valence-electron chi connectivity index (χ3n) is 0.836. The lowest BCUT2D eigenvalue weighted by molar-refractivity contribution is 0.156. The smallest absolute Gasteiger partial charge is 0.290 e. The van der Waals surface area contributed by atoms with E-state index < -0.39 is 7.82 Å². The van der Waals surface area contributed by atoms with Crippen LogP contribution in [0.2, 0.25) is 0 Å². The Morgan fingerprint density at radius 1 is 1.25 bits per heavy atom. The number of hydrogen-bond acceptors (Lipinski definition) is 4. The standard InChI is InChI=1S/C7H9O4P/c1-4-6-10-12(8,9-3)11-7-5-2/h1-2H,6-7H2,3H3. The molecule has 0 aromatic heterocycles. The fourth-order valence-electron chi connectivity index (χ4n) is 0.375. The van der Waals surface area contributed by atoms with E-state index in [-0.39, 0.29) is 13.2 Å². The van der Waals surface area contributed by atoms with Crippen molar-refractivity contribution in [3.8, 4) is 24.7 Å². The van der Waals surface area contributed by atoms with E-state index in [0.717, 1.165) is 0 Å². The van der Waals surface area contributed by atoms with Crippen LogP contribution in [0.1, 0.15) is 0 Å². The van der Waals surface area contributed by atoms with Crippen molar-refractivity contribution in [2.45, 2.75) is 0 Å². The van der Waals surface area contributed by atoms with Crippen molar-refractivity contribution in [3.63, 3.8) is 0 Å². The Kier molecular flexibility index (Phi) is 5.45. The highest BCUT2D eigenvalue weighted by Crippen LogP contribution is 2.47. The van der Waals surface area contributed by atoms with Gasteiger partial charge in [-0.2, -0.15) is 0 Å². The van der Waals surface area contributed by atoms with Gasteiger partial charge in [0.1, 0.15) is 13.2 Å². The molecule has 0 aromatic carbocycles. The van der Waals surface area contributed by atoms with E-state index >= 15 is 0 Å². The van der Waals surface area contributed by atoms with Gasteiger partial charge >= 0.3 is 7.82 Å². The molecule has 0 saturated heterocycles. The Labute approximate surface area is 71.8 Å². The van der Waals surface area contributed by atoms with E-state index in [1.54, 1.807) is 0 Å². The lowest BCUT2D eigenvalue weighted by Crippen LogP contribution is -1.98. The minimum atomic E-state index is -3.52. The van der Waals surface area contributed by atoms with Crippen LogP contribution in [0.15, 0.2) is 0 Å². The predicted molar refractivity (Wildman–Crippen MR) is 44.2 cm³/mol. The lowest BCUT2D eigenvalue weighted by Gasteiger charge is -2.11. The third-order valence-corrected chi connectivity index (χ3v) is 2.17. The SMILES string of the molecule is C#CCOP(=O)(OC)OCC#C. The molecular weight excluding hydrogens is 179 g/mol. The first-order chi connectivity index (χ1) is 5.68. The first kappa shape index (κ1) is 11.2. The first-order valence-corrected chi connectivity index (χ1v) is 4.46. The van der Waals surface area contributed by atoms with Crippen molar-refractivity contribution in [1.82, 2.24) is 0 Å². The van der Waals surface area contributed by atoms with Crippen molar-refractivity contribution < 1.29 is 18.1 Å². The van der Waals surface area contributed by atoms with Crippen LogP contribution in [0.3, 0.4) is 0 Å². The van der Waals surface area contributed by atoms with Gasteiger partial charge in [0.2, 0.25) is 0 Å². The van der Waals surface area contributed by atoms with Gasteiger partial charge in [-0.3, -0.25) is 13.6 Å². The molecule has 0 bridgehead atoms. The Hall–Kier alpha value is -0.770. The molecule has 0 atom stereocenters. The van der Waals surface area contributed by atoms with Crippen molar-refractivity contribution >= 4 is 7.82 Å². The molecule has 0 rings (SSSR count). The highest BCUT2D eigenvalue weighted by atomic mass is 31.2. The molecule has 0 spiro atoms. The van der Waals surface area contributed by atoms with Gasteiger partial charge in [0.25, 0.3) is 0 Å². The quantitative estimate of drug-likeness (QED) is 0.477. The summed E-state index contributed by atoms with van der Waals surface area (Å²) in [5.74, 6) is 4.26. The van der Waals surface area contributed by atoms with Gasteiger partial charge in [0.05, 0.1) is 0 Å². The van der Waals surface area contributed by atoms with Gasteiger partial charge in [0.15, 0.2) is 0 Å². The number of rotatable bonds is 5. The molecule has 0 amide bonds. The maximum absolute atomic E-state index is 11.2. The van der Waals surface area contributed by atoms with Gasteiger partial charge in [-0.25, -0.2) is 4.57 Å². The van der Waals surface area contributed by atoms with Crippen LogP contribution in [0.5, 0.6) is 0 Å². The molecule has 0 heterocycles. The monoisotopic (exact) mass is 188 g/mol. The predicted octanol–water partition coefficient (Wildman–Crippen LogP) is 1.04. The topological polar surface area (TPSA) is 44.8 Å². The lowest BCUT2D eigenvalue weighted by atomic mass is 10.8. The number of terminal acetylenes is 2. The van der Waals surface area contributed by atoms with Gasteiger partial charge in [0, 0.05) is 7.11 Å². The van der Waals surface area contributed by atoms with Crippen LogP contribution < -0.4 is 0 Å². The average Bonchev–Trinajstić information content (AvgIpc) is 2.11. The Balaban J connectivity index is 4.00. The molecule has 5 heteroatoms. The van der Waals surface area contributed by atoms with Crippen molar-refractivity contribution in [3.05, 3.63) is 0 Å². The molecule has 0 aromatic rings. The summed E-state index contributed by atoms with van der Waals surface area (Å²) in [6, 6.07) is 0. The average molecular weight is 188 g/mol. The summed E-state index contributed by atoms with van der Waals surface area (Å²) in [5, 5.41) is 0. The molecule has 0 radical (unpaired) electrons. The molecule has 66 valence electrons. The van der Waals surface area contributed by atoms with Crippen molar-refractivity contribution in [2.75, 3.05) is 20.3 Å². The molecule has 0 unspecified atom stereocenters. The maximum Gasteiger partial charge on any atom is 0.476 e. The molecule has 0 aliphatic heterocycles. The summed E-state index contributed by atoms with van der Waals surface area (Å²) in [5.41, 5.74) is 0. The van der Waals surface area contributed by atoms with Crippen LogP contribution in [-0.2, 0) is 18.1 Å². The second-order valence-electron chi connectivity index (χ2n) is 1.58. The Morgan fingerprint density at radius 3 is 1.92 bits per heavy atom. The van der Waals surface area contributed by atoms with Crippen molar-refractivity contribution in [2.24, 2.45) is 0 Å². The Bertz CT molecular complexity index is 225. The summed E-state index contributed by atoms with van der Waals surface area (Å²) in [4.78, 5) is 0. The summed E-state index contributed by atoms with van der Waals surface area (Å²) >= 11 is 0. The summed E-state index contributed by atoms with van der Waals surface area (Å²) < 4.78 is 24.9. The third kappa shape index (κ3) is 4.18. The van der Waals surface area contributed by atoms with E-state index in [2.05, 4.69) is 25.4 Å². The molecule has 0 fully saturated rings. The second kappa shape index (κ2) is 5.83. The fraction of sp³-hybridized carbons (Fsp3) is 0.429. The van der Waals surface area contributed by atoms with Crippen LogP contribution in [0, 0.1) is 24.7 Å². The largest absolute Gasteiger partial charge is 0.476 e. The van der Waals surface area contributed by atoms with Crippen LogP contribution in [0.25, 0.3) is 0 Å². The molecule has 12 heavy (non-hydrogen) atoms. The minimum absolute atomic E-state index is 0.143. The summed E-state index contributed by atoms with van der Waals surface area (Å²) in [6.07, 6.45) is 9.74. The van der Waals surface area contributed by atoms with Gasteiger partial charge in [-0.05, 0) is 0 Å². The van der Waals surface area contributed by atoms with E-state index in [9.17, 15) is 4.57 Å². The second-order valence-corrected chi connectivity index (χ2v) is 3.36. The number of hydrogen-bond donors (Lipinski definition) is 0. The highest BCUT2D eigenvalue weighted by Gasteiger charge is 2.23. The van der Waals surface area contributed by atoms with Gasteiger partial charge < -0.3 is 0 Å². The number of phosphoric acid groups is 1. The van der Waals surface area contributed by atoms with E-state index in [1.165, 1.54) is 7.11 Å². The van der Waals surface area contributed by atoms with Crippen LogP contribution >= 0.6 is 7.82 Å². The molecule has 0 N–H and O–H groups in total. The highest BCUT2D eigenvalue weighted by molar-refractivity contribution is 7.48. The van der Waals surface area contributed by atoms with E-state index in [1.807, 2.05) is 0 Å². The van der Waals surface area contributed by atoms with Crippen LogP contribution in [-0.4, -0.2) is 20.3 Å². The molecule has 0 aliphatic carbocycles. The van der Waals surface area contributed by atoms with E-state index in [4.69, 9.17) is 12.8 Å². The molecular formula is C7H9O4P. The van der Waals surface area contributed by atoms with Gasteiger partial charge in [-0.15, -0.1) is 12.8 Å². The van der Waals surface area contributed by atoms with Gasteiger partial charge in [-0.1, -0.05) is 11.8 Å². The first-order valence-electron chi connectivity index (χ1n) is 3.00. The Morgan fingerprint density at radius 2 is 1.67 bits per heavy atom. The summed E-state index contributed by atoms with van der Waals surface area (Å²) in [7, 11) is -2.33. The van der Waals surface area contributed by atoms with Crippen molar-refractivity contribution in [1.29, 1.82) is 0 Å². The zero-order valence-corrected chi connectivity index (χ0v) is 7.54. The minimum Gasteiger partial charge on any atom is -0.290 e. The zero-order chi connectivity index (χ0) is 9.45. The van der Waals surface area contributed by atoms with Crippen LogP contribution in [0.4, 0.5) is 0 Å². The molecule has 4 nitrogen and oxygen atoms in total. The molecule has 0 aliphatic rings. The fourth-order valence-corrected chi connectivity index (χ4v) is 1.13. The maximum atomic E-state index is 11.2. The number of phosphoric ester groups is 1.